The Bertz CT molecular complexity index is 297. The van der Waals surface area contributed by atoms with Crippen molar-refractivity contribution in [3.8, 4) is 0 Å². The van der Waals surface area contributed by atoms with Gasteiger partial charge in [-0.1, -0.05) is 59.3 Å². The first-order valence-corrected chi connectivity index (χ1v) is 8.79. The molecule has 0 aromatic heterocycles. The lowest BCUT2D eigenvalue weighted by Crippen LogP contribution is -2.49. The number of nitrogens with one attached hydrogen (secondary N) is 2. The zero-order valence-corrected chi connectivity index (χ0v) is 14.3. The van der Waals surface area contributed by atoms with E-state index >= 15 is 0 Å². The van der Waals surface area contributed by atoms with Gasteiger partial charge in [0.05, 0.1) is 12.1 Å². The number of unbranched alkanes of at least 4 members (excludes halogenated alkanes) is 5. The van der Waals surface area contributed by atoms with Gasteiger partial charge in [0.25, 0.3) is 0 Å². The summed E-state index contributed by atoms with van der Waals surface area (Å²) in [5.41, 5.74) is 0. The molecule has 4 nitrogen and oxygen atoms in total. The lowest BCUT2D eigenvalue weighted by Gasteiger charge is -2.22. The summed E-state index contributed by atoms with van der Waals surface area (Å²) in [4.78, 5) is 12.3. The fourth-order valence-electron chi connectivity index (χ4n) is 2.50. The van der Waals surface area contributed by atoms with Crippen LogP contribution in [-0.2, 0) is 9.53 Å². The van der Waals surface area contributed by atoms with E-state index in [1.165, 1.54) is 32.1 Å². The molecule has 4 heteroatoms. The average Bonchev–Trinajstić information content (AvgIpc) is 3.18. The van der Waals surface area contributed by atoms with Crippen molar-refractivity contribution < 1.29 is 9.53 Å². The quantitative estimate of drug-likeness (QED) is 0.430. The van der Waals surface area contributed by atoms with Crippen LogP contribution < -0.4 is 10.6 Å². The first kappa shape index (κ1) is 18.4. The van der Waals surface area contributed by atoms with Gasteiger partial charge in [-0.2, -0.15) is 0 Å². The molecule has 0 aromatic rings. The van der Waals surface area contributed by atoms with E-state index in [4.69, 9.17) is 4.74 Å². The van der Waals surface area contributed by atoms with Gasteiger partial charge in [0.1, 0.15) is 6.23 Å². The lowest BCUT2D eigenvalue weighted by atomic mass is 9.98. The first-order valence-electron chi connectivity index (χ1n) is 8.79. The molecule has 0 aromatic carbocycles. The van der Waals surface area contributed by atoms with E-state index < -0.39 is 0 Å². The summed E-state index contributed by atoms with van der Waals surface area (Å²) >= 11 is 0. The molecule has 0 radical (unpaired) electrons. The van der Waals surface area contributed by atoms with Gasteiger partial charge in [-0.3, -0.25) is 10.1 Å². The predicted octanol–water partition coefficient (Wildman–Crippen LogP) is 3.21. The van der Waals surface area contributed by atoms with Crippen LogP contribution in [0.15, 0.2) is 0 Å². The molecule has 1 rings (SSSR count). The van der Waals surface area contributed by atoms with Crippen LogP contribution in [0.25, 0.3) is 0 Å². The molecule has 0 spiro atoms. The normalized spacial score (nSPS) is 23.6. The van der Waals surface area contributed by atoms with Crippen LogP contribution >= 0.6 is 0 Å². The van der Waals surface area contributed by atoms with Crippen molar-refractivity contribution >= 4 is 5.91 Å². The predicted molar refractivity (Wildman–Crippen MR) is 87.1 cm³/mol. The van der Waals surface area contributed by atoms with Crippen LogP contribution in [0.4, 0.5) is 0 Å². The van der Waals surface area contributed by atoms with E-state index in [-0.39, 0.29) is 24.3 Å². The van der Waals surface area contributed by atoms with Crippen molar-refractivity contribution in [3.05, 3.63) is 0 Å². The van der Waals surface area contributed by atoms with Crippen molar-refractivity contribution in [2.24, 2.45) is 5.92 Å². The summed E-state index contributed by atoms with van der Waals surface area (Å²) in [5.74, 6) is 0.451. The van der Waals surface area contributed by atoms with Crippen molar-refractivity contribution in [3.63, 3.8) is 0 Å². The second-order valence-electron chi connectivity index (χ2n) is 6.35. The molecule has 1 heterocycles. The molecule has 21 heavy (non-hydrogen) atoms. The maximum atomic E-state index is 12.3. The Hall–Kier alpha value is -0.610. The molecule has 0 aliphatic carbocycles. The summed E-state index contributed by atoms with van der Waals surface area (Å²) in [6.07, 6.45) is 8.79. The molecule has 0 bridgehead atoms. The number of amides is 1. The van der Waals surface area contributed by atoms with Gasteiger partial charge in [0, 0.05) is 6.54 Å². The van der Waals surface area contributed by atoms with Crippen molar-refractivity contribution in [1.29, 1.82) is 0 Å². The number of hydrogen-bond acceptors (Lipinski definition) is 3. The van der Waals surface area contributed by atoms with Crippen LogP contribution in [0.1, 0.15) is 72.6 Å². The average molecular weight is 298 g/mol. The SMILES string of the molecule is CCCCCCCCNC(=O)[C@@H](NC1OC1C)C(C)CC. The van der Waals surface area contributed by atoms with Crippen molar-refractivity contribution in [2.75, 3.05) is 6.54 Å². The van der Waals surface area contributed by atoms with Gasteiger partial charge in [-0.05, 0) is 19.3 Å². The summed E-state index contributed by atoms with van der Waals surface area (Å²) in [6.45, 7) is 9.29. The van der Waals surface area contributed by atoms with Gasteiger partial charge in [-0.15, -0.1) is 0 Å². The molecule has 2 N–H and O–H groups in total. The zero-order chi connectivity index (χ0) is 15.7. The van der Waals surface area contributed by atoms with E-state index in [9.17, 15) is 4.79 Å². The standard InChI is InChI=1S/C17H34N2O2/c1-5-7-8-9-10-11-12-18-16(20)15(13(3)6-2)19-17-14(4)21-17/h13-15,17,19H,5-12H2,1-4H3,(H,18,20)/t13?,14?,15-,17?/m0/s1. The third-order valence-corrected chi connectivity index (χ3v) is 4.38. The number of hydrogen-bond donors (Lipinski definition) is 2. The molecule has 1 fully saturated rings. The Balaban J connectivity index is 2.19. The van der Waals surface area contributed by atoms with Gasteiger partial charge < -0.3 is 10.1 Å². The molecule has 124 valence electrons. The second kappa shape index (κ2) is 10.2. The molecular formula is C17H34N2O2. The minimum atomic E-state index is -0.134. The Labute approximate surface area is 130 Å². The minimum Gasteiger partial charge on any atom is -0.355 e. The fraction of sp³-hybridized carbons (Fsp3) is 0.941. The molecule has 1 saturated heterocycles. The zero-order valence-electron chi connectivity index (χ0n) is 14.3. The Morgan fingerprint density at radius 2 is 1.76 bits per heavy atom. The van der Waals surface area contributed by atoms with Crippen LogP contribution in [0.2, 0.25) is 0 Å². The fourth-order valence-corrected chi connectivity index (χ4v) is 2.50. The number of carbonyl (C=O) groups is 1. The summed E-state index contributed by atoms with van der Waals surface area (Å²) < 4.78 is 5.38. The van der Waals surface area contributed by atoms with Gasteiger partial charge in [-0.25, -0.2) is 0 Å². The van der Waals surface area contributed by atoms with Gasteiger partial charge in [0.2, 0.25) is 5.91 Å². The highest BCUT2D eigenvalue weighted by Gasteiger charge is 2.38. The van der Waals surface area contributed by atoms with E-state index in [1.54, 1.807) is 0 Å². The summed E-state index contributed by atoms with van der Waals surface area (Å²) in [5, 5.41) is 6.41. The third-order valence-electron chi connectivity index (χ3n) is 4.38. The maximum absolute atomic E-state index is 12.3. The molecular weight excluding hydrogens is 264 g/mol. The second-order valence-corrected chi connectivity index (χ2v) is 6.35. The Kier molecular flexibility index (Phi) is 8.93. The molecule has 0 saturated carbocycles. The Morgan fingerprint density at radius 3 is 2.33 bits per heavy atom. The van der Waals surface area contributed by atoms with Crippen LogP contribution in [0.5, 0.6) is 0 Å². The number of ether oxygens (including phenoxy) is 1. The third kappa shape index (κ3) is 7.28. The highest BCUT2D eigenvalue weighted by atomic mass is 16.6. The van der Waals surface area contributed by atoms with Crippen molar-refractivity contribution in [2.45, 2.75) is 91.0 Å². The molecule has 1 aliphatic rings. The van der Waals surface area contributed by atoms with Crippen molar-refractivity contribution in [1.82, 2.24) is 10.6 Å². The van der Waals surface area contributed by atoms with E-state index in [0.717, 1.165) is 19.4 Å². The summed E-state index contributed by atoms with van der Waals surface area (Å²) in [6, 6.07) is -0.134. The smallest absolute Gasteiger partial charge is 0.237 e. The largest absolute Gasteiger partial charge is 0.355 e. The maximum Gasteiger partial charge on any atom is 0.237 e. The molecule has 4 atom stereocenters. The first-order chi connectivity index (χ1) is 10.1. The van der Waals surface area contributed by atoms with Crippen LogP contribution in [0, 0.1) is 5.92 Å². The number of rotatable bonds is 12. The highest BCUT2D eigenvalue weighted by molar-refractivity contribution is 5.82. The Morgan fingerprint density at radius 1 is 1.14 bits per heavy atom. The number of epoxide rings is 1. The minimum absolute atomic E-state index is 0.0591. The van der Waals surface area contributed by atoms with E-state index in [2.05, 4.69) is 31.4 Å². The summed E-state index contributed by atoms with van der Waals surface area (Å²) in [7, 11) is 0. The molecule has 3 unspecified atom stereocenters. The van der Waals surface area contributed by atoms with E-state index in [1.807, 2.05) is 6.92 Å². The molecule has 1 amide bonds. The van der Waals surface area contributed by atoms with Crippen LogP contribution in [0.3, 0.4) is 0 Å². The highest BCUT2D eigenvalue weighted by Crippen LogP contribution is 2.20. The van der Waals surface area contributed by atoms with Gasteiger partial charge in [0.15, 0.2) is 0 Å². The van der Waals surface area contributed by atoms with Crippen LogP contribution in [-0.4, -0.2) is 30.8 Å². The topological polar surface area (TPSA) is 53.7 Å². The number of carbonyl (C=O) groups excluding carboxylic acids is 1. The monoisotopic (exact) mass is 298 g/mol. The van der Waals surface area contributed by atoms with Gasteiger partial charge >= 0.3 is 0 Å². The molecule has 1 aliphatic heterocycles. The van der Waals surface area contributed by atoms with E-state index in [0.29, 0.717) is 5.92 Å². The lowest BCUT2D eigenvalue weighted by molar-refractivity contribution is -0.124.